The number of pyridine rings is 1. The highest BCUT2D eigenvalue weighted by atomic mass is 35.5. The van der Waals surface area contributed by atoms with Crippen molar-refractivity contribution in [3.63, 3.8) is 0 Å². The zero-order chi connectivity index (χ0) is 32.1. The lowest BCUT2D eigenvalue weighted by atomic mass is 9.91. The van der Waals surface area contributed by atoms with Gasteiger partial charge in [0.2, 0.25) is 5.88 Å². The number of hydrogen-bond donors (Lipinski definition) is 1. The van der Waals surface area contributed by atoms with E-state index < -0.39 is 5.82 Å². The number of nitrogens with zero attached hydrogens (tertiary/aromatic N) is 6. The molecule has 5 fully saturated rings. The van der Waals surface area contributed by atoms with E-state index in [1.165, 1.54) is 11.1 Å². The van der Waals surface area contributed by atoms with Gasteiger partial charge in [-0.05, 0) is 68.2 Å². The van der Waals surface area contributed by atoms with Gasteiger partial charge in [-0.1, -0.05) is 28.8 Å². The molecule has 1 aliphatic carbocycles. The number of anilines is 1. The van der Waals surface area contributed by atoms with E-state index >= 15 is 4.39 Å². The van der Waals surface area contributed by atoms with Crippen molar-refractivity contribution in [3.8, 4) is 23.1 Å². The van der Waals surface area contributed by atoms with Gasteiger partial charge in [-0.25, -0.2) is 9.37 Å². The minimum atomic E-state index is -0.600. The van der Waals surface area contributed by atoms with Gasteiger partial charge in [0.15, 0.2) is 5.82 Å². The number of aromatic amines is 1. The first kappa shape index (κ1) is 29.6. The first-order chi connectivity index (χ1) is 23.5. The Morgan fingerprint density at radius 3 is 2.77 bits per heavy atom. The lowest BCUT2D eigenvalue weighted by molar-refractivity contribution is 0.100. The highest BCUT2D eigenvalue weighted by molar-refractivity contribution is 6.37. The van der Waals surface area contributed by atoms with Gasteiger partial charge in [0, 0.05) is 35.7 Å². The molecule has 11 nitrogen and oxygen atoms in total. The lowest BCUT2D eigenvalue weighted by Gasteiger charge is -2.31. The molecule has 1 N–H and O–H groups in total. The van der Waals surface area contributed by atoms with Crippen LogP contribution in [0.4, 0.5) is 10.2 Å². The summed E-state index contributed by atoms with van der Waals surface area (Å²) < 4.78 is 41.7. The summed E-state index contributed by atoms with van der Waals surface area (Å²) in [5.74, 6) is 0.385. The molecule has 2 atom stereocenters. The van der Waals surface area contributed by atoms with Crippen molar-refractivity contribution >= 4 is 50.8 Å². The standard InChI is InChI=1S/C34H34Cl2FN7O4/c35-21-9-22-24(30(36)42-41-22)25(23(21)17-3-4-17)28-27(37)29-26-31(44-7-2-8-45-14-20(44)15-47-32(26)38-28)40-33(39-29)48-16-34-5-1-6-43(34)11-18(10-34)19-12-46-13-19/h9,17,20H,1-8,10-16H2,(H,41,42)/t20-,34-/m0/s1. The van der Waals surface area contributed by atoms with Crippen LogP contribution in [-0.4, -0.2) is 101 Å². The molecule has 0 radical (unpaired) electrons. The Balaban J connectivity index is 1.14. The van der Waals surface area contributed by atoms with Crippen LogP contribution in [0.3, 0.4) is 0 Å². The van der Waals surface area contributed by atoms with Crippen LogP contribution < -0.4 is 14.4 Å². The second-order valence-corrected chi connectivity index (χ2v) is 14.8. The minimum absolute atomic E-state index is 0.0782. The molecule has 8 heterocycles. The molecule has 10 rings (SSSR count). The minimum Gasteiger partial charge on any atom is -0.475 e. The number of ether oxygens (including phenoxy) is 4. The van der Waals surface area contributed by atoms with Gasteiger partial charge >= 0.3 is 6.01 Å². The number of halogens is 3. The van der Waals surface area contributed by atoms with Crippen molar-refractivity contribution in [1.82, 2.24) is 30.0 Å². The maximum atomic E-state index is 17.3. The lowest BCUT2D eigenvalue weighted by Crippen LogP contribution is -2.43. The van der Waals surface area contributed by atoms with Crippen LogP contribution in [0, 0.1) is 5.82 Å². The molecule has 14 heteroatoms. The van der Waals surface area contributed by atoms with E-state index in [1.807, 2.05) is 0 Å². The number of aromatic nitrogens is 5. The predicted molar refractivity (Wildman–Crippen MR) is 178 cm³/mol. The molecule has 6 aliphatic rings. The molecule has 4 saturated heterocycles. The molecule has 1 saturated carbocycles. The quantitative estimate of drug-likeness (QED) is 0.257. The summed E-state index contributed by atoms with van der Waals surface area (Å²) >= 11 is 13.5. The normalized spacial score (nSPS) is 25.6. The Morgan fingerprint density at radius 2 is 1.94 bits per heavy atom. The Morgan fingerprint density at radius 1 is 1.04 bits per heavy atom. The van der Waals surface area contributed by atoms with Gasteiger partial charge in [0.05, 0.1) is 36.9 Å². The Hall–Kier alpha value is -3.29. The first-order valence-corrected chi connectivity index (χ1v) is 17.6. The monoisotopic (exact) mass is 693 g/mol. The van der Waals surface area contributed by atoms with E-state index in [0.717, 1.165) is 70.4 Å². The SMILES string of the molecule is Fc1c(-c2c(C3CC3)c(Cl)cc3n[nH]c(Cl)c23)nc2c3c(nc(OC[C@@]45CCCN4CC(=C4COC4)C5)nc13)N1CCCOC[C@H]1CO2. The smallest absolute Gasteiger partial charge is 0.319 e. The van der Waals surface area contributed by atoms with Crippen LogP contribution in [-0.2, 0) is 9.47 Å². The van der Waals surface area contributed by atoms with Crippen LogP contribution in [0.1, 0.15) is 50.0 Å². The molecule has 48 heavy (non-hydrogen) atoms. The third kappa shape index (κ3) is 4.56. The van der Waals surface area contributed by atoms with Gasteiger partial charge in [-0.3, -0.25) is 10.00 Å². The fraction of sp³-hybridized carbons (Fsp3) is 0.529. The van der Waals surface area contributed by atoms with Gasteiger partial charge in [-0.15, -0.1) is 0 Å². The van der Waals surface area contributed by atoms with Crippen LogP contribution in [0.15, 0.2) is 17.2 Å². The van der Waals surface area contributed by atoms with E-state index in [2.05, 4.69) is 20.0 Å². The van der Waals surface area contributed by atoms with Crippen molar-refractivity contribution < 1.29 is 23.3 Å². The summed E-state index contributed by atoms with van der Waals surface area (Å²) in [6.07, 6.45) is 5.76. The molecule has 0 bridgehead atoms. The predicted octanol–water partition coefficient (Wildman–Crippen LogP) is 5.82. The third-order valence-corrected chi connectivity index (χ3v) is 11.6. The van der Waals surface area contributed by atoms with E-state index in [1.54, 1.807) is 6.07 Å². The summed E-state index contributed by atoms with van der Waals surface area (Å²) in [6, 6.07) is 1.78. The summed E-state index contributed by atoms with van der Waals surface area (Å²) in [5, 5.41) is 8.99. The summed E-state index contributed by atoms with van der Waals surface area (Å²) in [7, 11) is 0. The second-order valence-electron chi connectivity index (χ2n) is 14.0. The van der Waals surface area contributed by atoms with Crippen molar-refractivity contribution in [2.75, 3.05) is 64.2 Å². The topological polar surface area (TPSA) is 111 Å². The first-order valence-electron chi connectivity index (χ1n) is 16.9. The Kier molecular flexibility index (Phi) is 6.85. The van der Waals surface area contributed by atoms with Crippen molar-refractivity contribution in [1.29, 1.82) is 0 Å². The largest absolute Gasteiger partial charge is 0.475 e. The van der Waals surface area contributed by atoms with Crippen LogP contribution in [0.25, 0.3) is 33.1 Å². The third-order valence-electron chi connectivity index (χ3n) is 11.0. The zero-order valence-electron chi connectivity index (χ0n) is 26.3. The van der Waals surface area contributed by atoms with Crippen molar-refractivity contribution in [2.45, 2.75) is 56.0 Å². The molecule has 250 valence electrons. The van der Waals surface area contributed by atoms with Crippen molar-refractivity contribution in [2.24, 2.45) is 0 Å². The number of H-pyrrole nitrogens is 1. The molecule has 1 aromatic carbocycles. The molecular weight excluding hydrogens is 660 g/mol. The van der Waals surface area contributed by atoms with E-state index in [9.17, 15) is 0 Å². The average molecular weight is 695 g/mol. The highest BCUT2D eigenvalue weighted by Gasteiger charge is 2.48. The van der Waals surface area contributed by atoms with E-state index in [-0.39, 0.29) is 40.6 Å². The number of rotatable bonds is 5. The van der Waals surface area contributed by atoms with Gasteiger partial charge in [-0.2, -0.15) is 15.1 Å². The molecule has 4 aromatic rings. The van der Waals surface area contributed by atoms with Gasteiger partial charge in [0.1, 0.15) is 40.8 Å². The maximum absolute atomic E-state index is 17.3. The molecule has 0 spiro atoms. The zero-order valence-corrected chi connectivity index (χ0v) is 27.8. The number of nitrogens with one attached hydrogen (secondary N) is 1. The fourth-order valence-corrected chi connectivity index (χ4v) is 8.98. The fourth-order valence-electron chi connectivity index (χ4n) is 8.39. The second kappa shape index (κ2) is 11.1. The molecular formula is C34H34Cl2FN7O4. The molecule has 3 aromatic heterocycles. The summed E-state index contributed by atoms with van der Waals surface area (Å²) in [4.78, 5) is 19.3. The summed E-state index contributed by atoms with van der Waals surface area (Å²) in [5.41, 5.74) is 4.79. The molecule has 0 amide bonds. The molecule has 5 aliphatic heterocycles. The number of benzene rings is 1. The maximum Gasteiger partial charge on any atom is 0.319 e. The van der Waals surface area contributed by atoms with Crippen LogP contribution in [0.5, 0.6) is 11.9 Å². The van der Waals surface area contributed by atoms with Gasteiger partial charge in [0.25, 0.3) is 0 Å². The average Bonchev–Trinajstić information content (AvgIpc) is 3.70. The Bertz CT molecular complexity index is 2030. The van der Waals surface area contributed by atoms with E-state index in [4.69, 9.17) is 57.1 Å². The van der Waals surface area contributed by atoms with Crippen LogP contribution >= 0.6 is 23.2 Å². The van der Waals surface area contributed by atoms with E-state index in [0.29, 0.717) is 70.8 Å². The Labute approximate surface area is 285 Å². The van der Waals surface area contributed by atoms with Crippen molar-refractivity contribution in [3.05, 3.63) is 38.8 Å². The summed E-state index contributed by atoms with van der Waals surface area (Å²) in [6.45, 7) is 5.89. The number of fused-ring (bicyclic) bond motifs is 4. The highest BCUT2D eigenvalue weighted by Crippen LogP contribution is 2.52. The van der Waals surface area contributed by atoms with Gasteiger partial charge < -0.3 is 23.8 Å². The van der Waals surface area contributed by atoms with Crippen LogP contribution in [0.2, 0.25) is 10.2 Å². The molecule has 0 unspecified atom stereocenters. The number of hydrogen-bond acceptors (Lipinski definition) is 10.